The van der Waals surface area contributed by atoms with Gasteiger partial charge in [0.2, 0.25) is 0 Å². The van der Waals surface area contributed by atoms with Crippen molar-refractivity contribution in [3.05, 3.63) is 71.8 Å². The molecule has 1 amide bonds. The van der Waals surface area contributed by atoms with Gasteiger partial charge in [-0.05, 0) is 54.7 Å². The highest BCUT2D eigenvalue weighted by molar-refractivity contribution is 5.78. The van der Waals surface area contributed by atoms with Crippen LogP contribution in [0, 0.1) is 6.92 Å². The number of amides is 1. The Labute approximate surface area is 172 Å². The summed E-state index contributed by atoms with van der Waals surface area (Å²) in [7, 11) is 1.81. The van der Waals surface area contributed by atoms with Gasteiger partial charge in [0, 0.05) is 7.05 Å². The maximum Gasteiger partial charge on any atom is 0.260 e. The Morgan fingerprint density at radius 1 is 1.14 bits per heavy atom. The molecule has 6 heteroatoms. The molecule has 3 aromatic rings. The van der Waals surface area contributed by atoms with Crippen LogP contribution in [0.4, 0.5) is 0 Å². The lowest BCUT2D eigenvalue weighted by molar-refractivity contribution is -0.134. The minimum Gasteiger partial charge on any atom is -0.483 e. The number of carbonyl (C=O) groups excluding carboxylic acids is 1. The largest absolute Gasteiger partial charge is 0.483 e. The summed E-state index contributed by atoms with van der Waals surface area (Å²) < 4.78 is 7.61. The molecular formula is C23H28N4O2. The number of hydrogen-bond acceptors (Lipinski definition) is 4. The zero-order chi connectivity index (χ0) is 21.0. The molecule has 29 heavy (non-hydrogen) atoms. The number of aryl methyl sites for hydroxylation is 1. The van der Waals surface area contributed by atoms with Crippen LogP contribution in [0.3, 0.4) is 0 Å². The molecule has 0 N–H and O–H groups in total. The number of benzene rings is 2. The third-order valence-electron chi connectivity index (χ3n) is 5.18. The van der Waals surface area contributed by atoms with E-state index in [1.807, 2.05) is 44.2 Å². The number of aromatic nitrogens is 3. The van der Waals surface area contributed by atoms with Crippen molar-refractivity contribution in [3.63, 3.8) is 0 Å². The predicted molar refractivity (Wildman–Crippen MR) is 113 cm³/mol. The van der Waals surface area contributed by atoms with E-state index in [-0.39, 0.29) is 18.6 Å². The molecule has 2 aromatic carbocycles. The van der Waals surface area contributed by atoms with Gasteiger partial charge in [-0.15, -0.1) is 0 Å². The molecule has 0 saturated heterocycles. The second kappa shape index (κ2) is 8.90. The molecule has 3 rings (SSSR count). The number of rotatable bonds is 7. The Morgan fingerprint density at radius 2 is 1.86 bits per heavy atom. The average molecular weight is 393 g/mol. The third-order valence-corrected chi connectivity index (χ3v) is 5.18. The van der Waals surface area contributed by atoms with Gasteiger partial charge in [-0.3, -0.25) is 4.79 Å². The Kier molecular flexibility index (Phi) is 6.32. The molecule has 0 aliphatic rings. The molecule has 0 aliphatic carbocycles. The SMILES string of the molecule is Cc1ccc(C(C)C)c(OCC(=O)N(C)[C@H](C)c2ccc(-n3cncn3)cc2)c1. The van der Waals surface area contributed by atoms with Crippen LogP contribution in [0.5, 0.6) is 5.75 Å². The smallest absolute Gasteiger partial charge is 0.260 e. The van der Waals surface area contributed by atoms with Crippen LogP contribution in [0.2, 0.25) is 0 Å². The summed E-state index contributed by atoms with van der Waals surface area (Å²) in [6, 6.07) is 14.0. The van der Waals surface area contributed by atoms with Gasteiger partial charge in [0.1, 0.15) is 18.4 Å². The molecule has 1 aromatic heterocycles. The van der Waals surface area contributed by atoms with Gasteiger partial charge in [-0.1, -0.05) is 38.1 Å². The van der Waals surface area contributed by atoms with Crippen LogP contribution in [0.25, 0.3) is 5.69 Å². The van der Waals surface area contributed by atoms with Crippen molar-refractivity contribution in [2.45, 2.75) is 39.7 Å². The summed E-state index contributed by atoms with van der Waals surface area (Å²) in [6.45, 7) is 8.29. The second-order valence-corrected chi connectivity index (χ2v) is 7.60. The molecule has 0 fully saturated rings. The molecule has 1 heterocycles. The molecule has 0 saturated carbocycles. The number of ether oxygens (including phenoxy) is 1. The molecule has 0 bridgehead atoms. The van der Waals surface area contributed by atoms with E-state index in [0.29, 0.717) is 5.92 Å². The van der Waals surface area contributed by atoms with Crippen molar-refractivity contribution in [1.29, 1.82) is 0 Å². The molecule has 0 unspecified atom stereocenters. The highest BCUT2D eigenvalue weighted by Gasteiger charge is 2.19. The highest BCUT2D eigenvalue weighted by Crippen LogP contribution is 2.28. The first kappa shape index (κ1) is 20.6. The standard InChI is InChI=1S/C23H28N4O2/c1-16(2)21-11-6-17(3)12-22(21)29-13-23(28)26(5)18(4)19-7-9-20(10-8-19)27-15-24-14-25-27/h6-12,14-16,18H,13H2,1-5H3/t18-/m1/s1. The van der Waals surface area contributed by atoms with E-state index in [4.69, 9.17) is 4.74 Å². The number of hydrogen-bond donors (Lipinski definition) is 0. The monoisotopic (exact) mass is 392 g/mol. The summed E-state index contributed by atoms with van der Waals surface area (Å²) in [5.41, 5.74) is 4.20. The molecule has 0 aliphatic heterocycles. The van der Waals surface area contributed by atoms with E-state index in [2.05, 4.69) is 36.1 Å². The van der Waals surface area contributed by atoms with Gasteiger partial charge in [-0.25, -0.2) is 9.67 Å². The van der Waals surface area contributed by atoms with Gasteiger partial charge in [-0.2, -0.15) is 5.10 Å². The summed E-state index contributed by atoms with van der Waals surface area (Å²) in [6.07, 6.45) is 3.16. The maximum atomic E-state index is 12.7. The van der Waals surface area contributed by atoms with Crippen molar-refractivity contribution in [2.75, 3.05) is 13.7 Å². The average Bonchev–Trinajstić information content (AvgIpc) is 3.25. The highest BCUT2D eigenvalue weighted by atomic mass is 16.5. The molecule has 0 spiro atoms. The lowest BCUT2D eigenvalue weighted by Gasteiger charge is -2.26. The first-order chi connectivity index (χ1) is 13.9. The number of nitrogens with zero attached hydrogens (tertiary/aromatic N) is 4. The van der Waals surface area contributed by atoms with E-state index >= 15 is 0 Å². The first-order valence-electron chi connectivity index (χ1n) is 9.80. The molecule has 6 nitrogen and oxygen atoms in total. The van der Waals surface area contributed by atoms with Gasteiger partial charge in [0.15, 0.2) is 6.61 Å². The normalized spacial score (nSPS) is 12.1. The van der Waals surface area contributed by atoms with Crippen LogP contribution in [-0.4, -0.2) is 39.2 Å². The molecule has 1 atom stereocenters. The molecular weight excluding hydrogens is 364 g/mol. The summed E-state index contributed by atoms with van der Waals surface area (Å²) in [5, 5.41) is 4.13. The number of likely N-dealkylation sites (N-methyl/N-ethyl adjacent to an activating group) is 1. The van der Waals surface area contributed by atoms with Crippen molar-refractivity contribution in [1.82, 2.24) is 19.7 Å². The summed E-state index contributed by atoms with van der Waals surface area (Å²) >= 11 is 0. The summed E-state index contributed by atoms with van der Waals surface area (Å²) in [4.78, 5) is 18.4. The van der Waals surface area contributed by atoms with E-state index in [1.54, 1.807) is 23.0 Å². The van der Waals surface area contributed by atoms with Gasteiger partial charge < -0.3 is 9.64 Å². The maximum absolute atomic E-state index is 12.7. The topological polar surface area (TPSA) is 60.2 Å². The first-order valence-corrected chi connectivity index (χ1v) is 9.80. The van der Waals surface area contributed by atoms with Crippen molar-refractivity contribution >= 4 is 5.91 Å². The van der Waals surface area contributed by atoms with Gasteiger partial charge >= 0.3 is 0 Å². The minimum atomic E-state index is -0.0713. The fraction of sp³-hybridized carbons (Fsp3) is 0.348. The fourth-order valence-electron chi connectivity index (χ4n) is 3.17. The van der Waals surface area contributed by atoms with E-state index in [0.717, 1.165) is 28.1 Å². The van der Waals surface area contributed by atoms with E-state index in [1.165, 1.54) is 6.33 Å². The van der Waals surface area contributed by atoms with Crippen LogP contribution in [-0.2, 0) is 4.79 Å². The lowest BCUT2D eigenvalue weighted by Crippen LogP contribution is -2.33. The van der Waals surface area contributed by atoms with Crippen molar-refractivity contribution in [3.8, 4) is 11.4 Å². The van der Waals surface area contributed by atoms with Gasteiger partial charge in [0.05, 0.1) is 11.7 Å². The quantitative estimate of drug-likeness (QED) is 0.602. The molecule has 0 radical (unpaired) electrons. The second-order valence-electron chi connectivity index (χ2n) is 7.60. The summed E-state index contributed by atoms with van der Waals surface area (Å²) in [5.74, 6) is 1.06. The van der Waals surface area contributed by atoms with E-state index in [9.17, 15) is 4.79 Å². The van der Waals surface area contributed by atoms with Crippen LogP contribution in [0.1, 0.15) is 49.4 Å². The van der Waals surface area contributed by atoms with E-state index < -0.39 is 0 Å². The Bertz CT molecular complexity index is 950. The lowest BCUT2D eigenvalue weighted by atomic mass is 10.0. The Morgan fingerprint density at radius 3 is 2.48 bits per heavy atom. The Hall–Kier alpha value is -3.15. The number of carbonyl (C=O) groups is 1. The van der Waals surface area contributed by atoms with Crippen molar-refractivity contribution in [2.24, 2.45) is 0 Å². The zero-order valence-electron chi connectivity index (χ0n) is 17.7. The third kappa shape index (κ3) is 4.83. The minimum absolute atomic E-state index is 0.0149. The Balaban J connectivity index is 1.65. The zero-order valence-corrected chi connectivity index (χ0v) is 17.7. The van der Waals surface area contributed by atoms with Crippen LogP contribution < -0.4 is 4.74 Å². The predicted octanol–water partition coefficient (Wildman–Crippen LogP) is 4.30. The fourth-order valence-corrected chi connectivity index (χ4v) is 3.17. The molecule has 152 valence electrons. The van der Waals surface area contributed by atoms with Crippen LogP contribution in [0.15, 0.2) is 55.1 Å². The van der Waals surface area contributed by atoms with Crippen LogP contribution >= 0.6 is 0 Å². The van der Waals surface area contributed by atoms with Gasteiger partial charge in [0.25, 0.3) is 5.91 Å². The van der Waals surface area contributed by atoms with Crippen molar-refractivity contribution < 1.29 is 9.53 Å².